The van der Waals surface area contributed by atoms with Gasteiger partial charge in [0, 0.05) is 18.9 Å². The van der Waals surface area contributed by atoms with Crippen molar-refractivity contribution in [2.45, 2.75) is 70.2 Å². The molecule has 3 rings (SSSR count). The molecule has 4 heteroatoms. The summed E-state index contributed by atoms with van der Waals surface area (Å²) in [5.41, 5.74) is 1.23. The lowest BCUT2D eigenvalue weighted by atomic mass is 10.1. The van der Waals surface area contributed by atoms with Crippen LogP contribution in [0.1, 0.15) is 32.8 Å². The van der Waals surface area contributed by atoms with Crippen molar-refractivity contribution in [2.24, 2.45) is 5.92 Å². The highest BCUT2D eigenvalue weighted by Gasteiger charge is 2.56. The van der Waals surface area contributed by atoms with Gasteiger partial charge in [0.15, 0.2) is 8.32 Å². The summed E-state index contributed by atoms with van der Waals surface area (Å²) in [7, 11) is -1.71. The van der Waals surface area contributed by atoms with E-state index < -0.39 is 8.32 Å². The van der Waals surface area contributed by atoms with Crippen molar-refractivity contribution in [3.63, 3.8) is 0 Å². The number of hydrogen-bond acceptors (Lipinski definition) is 3. The van der Waals surface area contributed by atoms with Crippen LogP contribution in [0.3, 0.4) is 0 Å². The summed E-state index contributed by atoms with van der Waals surface area (Å²) >= 11 is 0. The summed E-state index contributed by atoms with van der Waals surface area (Å²) in [6.07, 6.45) is 2.05. The van der Waals surface area contributed by atoms with Crippen LogP contribution in [0.5, 0.6) is 0 Å². The van der Waals surface area contributed by atoms with Gasteiger partial charge in [-0.05, 0) is 23.7 Å². The normalized spacial score (nSPS) is 30.3. The van der Waals surface area contributed by atoms with Crippen molar-refractivity contribution < 1.29 is 13.9 Å². The fourth-order valence-electron chi connectivity index (χ4n) is 3.03. The minimum Gasteiger partial charge on any atom is -0.416 e. The summed E-state index contributed by atoms with van der Waals surface area (Å²) in [6.45, 7) is 12.9. The number of ether oxygens (including phenoxy) is 2. The Hall–Kier alpha value is -0.683. The molecule has 1 heterocycles. The highest BCUT2D eigenvalue weighted by Crippen LogP contribution is 2.46. The van der Waals surface area contributed by atoms with Gasteiger partial charge in [0.1, 0.15) is 0 Å². The van der Waals surface area contributed by atoms with E-state index in [1.54, 1.807) is 0 Å². The lowest BCUT2D eigenvalue weighted by molar-refractivity contribution is -0.0272. The molecule has 4 atom stereocenters. The molecule has 23 heavy (non-hydrogen) atoms. The predicted molar refractivity (Wildman–Crippen MR) is 94.9 cm³/mol. The molecule has 1 saturated heterocycles. The molecule has 0 spiro atoms. The standard InChI is InChI=1S/C19H30O3Si/c1-19(2,3)23(4,5)21-13-15-16(11-17-18(15)22-17)20-12-14-9-7-6-8-10-14/h6-10,15-18H,11-13H2,1-5H3/t15-,16+,17-,18+/m1/s1. The van der Waals surface area contributed by atoms with E-state index in [0.717, 1.165) is 13.0 Å². The third-order valence-corrected chi connectivity index (χ3v) is 10.2. The number of hydrogen-bond donors (Lipinski definition) is 0. The average molecular weight is 335 g/mol. The Bertz CT molecular complexity index is 523. The third kappa shape index (κ3) is 3.87. The molecule has 1 aliphatic carbocycles. The van der Waals surface area contributed by atoms with Gasteiger partial charge in [-0.2, -0.15) is 0 Å². The van der Waals surface area contributed by atoms with Gasteiger partial charge < -0.3 is 13.9 Å². The van der Waals surface area contributed by atoms with Crippen LogP contribution in [0, 0.1) is 5.92 Å². The van der Waals surface area contributed by atoms with Crippen LogP contribution in [0.15, 0.2) is 30.3 Å². The third-order valence-electron chi connectivity index (χ3n) is 5.74. The molecule has 3 nitrogen and oxygen atoms in total. The molecule has 2 aliphatic rings. The fraction of sp³-hybridized carbons (Fsp3) is 0.684. The topological polar surface area (TPSA) is 31.0 Å². The molecule has 0 radical (unpaired) electrons. The van der Waals surface area contributed by atoms with Gasteiger partial charge in [0.05, 0.1) is 24.9 Å². The Morgan fingerprint density at radius 3 is 2.52 bits per heavy atom. The Morgan fingerprint density at radius 2 is 1.87 bits per heavy atom. The summed E-state index contributed by atoms with van der Waals surface area (Å²) in [6, 6.07) is 10.4. The Kier molecular flexibility index (Phi) is 4.71. The second kappa shape index (κ2) is 6.32. The van der Waals surface area contributed by atoms with Crippen molar-refractivity contribution in [1.29, 1.82) is 0 Å². The summed E-state index contributed by atoms with van der Waals surface area (Å²) in [5, 5.41) is 0.246. The van der Waals surface area contributed by atoms with E-state index in [4.69, 9.17) is 13.9 Å². The molecule has 0 unspecified atom stereocenters. The highest BCUT2D eigenvalue weighted by atomic mass is 28.4. The molecule has 1 aromatic carbocycles. The smallest absolute Gasteiger partial charge is 0.191 e. The largest absolute Gasteiger partial charge is 0.416 e. The SMILES string of the molecule is CC(C)(C)[Si](C)(C)OC[C@H]1[C@@H]2O[C@@H]2C[C@@H]1OCc1ccccc1. The van der Waals surface area contributed by atoms with E-state index in [1.807, 2.05) is 6.07 Å². The number of benzene rings is 1. The summed E-state index contributed by atoms with van der Waals surface area (Å²) in [5.74, 6) is 0.387. The first-order valence-corrected chi connectivity index (χ1v) is 11.6. The Morgan fingerprint density at radius 1 is 1.17 bits per heavy atom. The summed E-state index contributed by atoms with van der Waals surface area (Å²) in [4.78, 5) is 0. The minimum atomic E-state index is -1.71. The van der Waals surface area contributed by atoms with Crippen LogP contribution in [-0.4, -0.2) is 33.2 Å². The maximum atomic E-state index is 6.44. The molecule has 0 amide bonds. The van der Waals surface area contributed by atoms with Gasteiger partial charge in [0.2, 0.25) is 0 Å². The van der Waals surface area contributed by atoms with Crippen LogP contribution < -0.4 is 0 Å². The lowest BCUT2D eigenvalue weighted by Gasteiger charge is -2.37. The average Bonchev–Trinajstić information content (AvgIpc) is 3.16. The minimum absolute atomic E-state index is 0.246. The van der Waals surface area contributed by atoms with Crippen molar-refractivity contribution >= 4 is 8.32 Å². The molecular weight excluding hydrogens is 304 g/mol. The summed E-state index contributed by atoms with van der Waals surface area (Å²) < 4.78 is 18.4. The second-order valence-corrected chi connectivity index (χ2v) is 13.3. The van der Waals surface area contributed by atoms with Crippen LogP contribution >= 0.6 is 0 Å². The van der Waals surface area contributed by atoms with E-state index in [2.05, 4.69) is 58.1 Å². The number of epoxide rings is 1. The van der Waals surface area contributed by atoms with Crippen molar-refractivity contribution in [2.75, 3.05) is 6.61 Å². The van der Waals surface area contributed by atoms with Crippen molar-refractivity contribution in [3.05, 3.63) is 35.9 Å². The fourth-order valence-corrected chi connectivity index (χ4v) is 4.07. The molecule has 1 aliphatic heterocycles. The van der Waals surface area contributed by atoms with Crippen LogP contribution in [0.4, 0.5) is 0 Å². The van der Waals surface area contributed by atoms with Gasteiger partial charge in [-0.3, -0.25) is 0 Å². The van der Waals surface area contributed by atoms with E-state index in [1.165, 1.54) is 5.56 Å². The molecule has 0 aromatic heterocycles. The lowest BCUT2D eigenvalue weighted by Crippen LogP contribution is -2.43. The molecule has 2 fully saturated rings. The van der Waals surface area contributed by atoms with Gasteiger partial charge in [-0.15, -0.1) is 0 Å². The van der Waals surface area contributed by atoms with E-state index in [9.17, 15) is 0 Å². The first-order chi connectivity index (χ1) is 10.8. The molecule has 0 N–H and O–H groups in total. The number of rotatable bonds is 6. The Balaban J connectivity index is 1.55. The molecule has 1 saturated carbocycles. The van der Waals surface area contributed by atoms with Gasteiger partial charge >= 0.3 is 0 Å². The second-order valence-electron chi connectivity index (χ2n) is 8.45. The van der Waals surface area contributed by atoms with Crippen molar-refractivity contribution in [1.82, 2.24) is 0 Å². The maximum Gasteiger partial charge on any atom is 0.191 e. The van der Waals surface area contributed by atoms with Gasteiger partial charge in [0.25, 0.3) is 0 Å². The van der Waals surface area contributed by atoms with Crippen LogP contribution in [-0.2, 0) is 20.5 Å². The quantitative estimate of drug-likeness (QED) is 0.571. The van der Waals surface area contributed by atoms with Gasteiger partial charge in [-0.25, -0.2) is 0 Å². The zero-order valence-electron chi connectivity index (χ0n) is 15.0. The first-order valence-electron chi connectivity index (χ1n) is 8.73. The number of fused-ring (bicyclic) bond motifs is 1. The predicted octanol–water partition coefficient (Wildman–Crippen LogP) is 4.38. The molecule has 0 bridgehead atoms. The van der Waals surface area contributed by atoms with Gasteiger partial charge in [-0.1, -0.05) is 51.1 Å². The zero-order valence-corrected chi connectivity index (χ0v) is 16.0. The van der Waals surface area contributed by atoms with Crippen LogP contribution in [0.2, 0.25) is 18.1 Å². The highest BCUT2D eigenvalue weighted by molar-refractivity contribution is 6.74. The Labute approximate surface area is 141 Å². The maximum absolute atomic E-state index is 6.44. The molecular formula is C19H30O3Si. The molecule has 1 aromatic rings. The molecule has 128 valence electrons. The zero-order chi connectivity index (χ0) is 16.7. The van der Waals surface area contributed by atoms with E-state index in [0.29, 0.717) is 24.7 Å². The van der Waals surface area contributed by atoms with Crippen LogP contribution in [0.25, 0.3) is 0 Å². The first kappa shape index (κ1) is 17.2. The van der Waals surface area contributed by atoms with Crippen molar-refractivity contribution in [3.8, 4) is 0 Å². The van der Waals surface area contributed by atoms with E-state index >= 15 is 0 Å². The monoisotopic (exact) mass is 334 g/mol. The van der Waals surface area contributed by atoms with E-state index in [-0.39, 0.29) is 11.1 Å².